The molecule has 0 spiro atoms. The van der Waals surface area contributed by atoms with Gasteiger partial charge in [-0.2, -0.15) is 0 Å². The lowest BCUT2D eigenvalue weighted by atomic mass is 9.67. The molecule has 0 amide bonds. The van der Waals surface area contributed by atoms with Crippen LogP contribution in [0.4, 0.5) is 0 Å². The minimum absolute atomic E-state index is 0.143. The van der Waals surface area contributed by atoms with Gasteiger partial charge < -0.3 is 10.4 Å². The van der Waals surface area contributed by atoms with Crippen LogP contribution < -0.4 is 5.32 Å². The molecule has 1 heterocycles. The van der Waals surface area contributed by atoms with E-state index in [2.05, 4.69) is 67.7 Å². The minimum Gasteiger partial charge on any atom is -0.389 e. The topological polar surface area (TPSA) is 32.3 Å². The molecule has 2 N–H and O–H groups in total. The van der Waals surface area contributed by atoms with Gasteiger partial charge in [-0.1, -0.05) is 74.5 Å². The lowest BCUT2D eigenvalue weighted by molar-refractivity contribution is -0.0960. The van der Waals surface area contributed by atoms with Crippen LogP contribution in [0.25, 0.3) is 0 Å². The average molecular weight is 295 g/mol. The Morgan fingerprint density at radius 3 is 1.50 bits per heavy atom. The Morgan fingerprint density at radius 2 is 1.14 bits per heavy atom. The van der Waals surface area contributed by atoms with Crippen molar-refractivity contribution >= 4 is 0 Å². The smallest absolute Gasteiger partial charge is 0.0706 e. The molecule has 2 heteroatoms. The maximum atomic E-state index is 11.1. The molecular formula is C20H25NO. The molecule has 1 saturated heterocycles. The third-order valence-corrected chi connectivity index (χ3v) is 5.52. The van der Waals surface area contributed by atoms with Gasteiger partial charge in [-0.15, -0.1) is 0 Å². The van der Waals surface area contributed by atoms with Crippen LogP contribution in [-0.2, 0) is 0 Å². The van der Waals surface area contributed by atoms with Crippen molar-refractivity contribution in [3.8, 4) is 0 Å². The maximum Gasteiger partial charge on any atom is 0.0706 e. The molecule has 2 aromatic rings. The second kappa shape index (κ2) is 5.86. The lowest BCUT2D eigenvalue weighted by Crippen LogP contribution is -2.56. The summed E-state index contributed by atoms with van der Waals surface area (Å²) in [4.78, 5) is 0. The highest BCUT2D eigenvalue weighted by atomic mass is 16.3. The second-order valence-electron chi connectivity index (χ2n) is 6.75. The molecule has 116 valence electrons. The summed E-state index contributed by atoms with van der Waals surface area (Å²) in [6, 6.07) is 21.2. The Bertz CT molecular complexity index is 555. The van der Waals surface area contributed by atoms with Crippen LogP contribution in [0, 0.1) is 11.8 Å². The summed E-state index contributed by atoms with van der Waals surface area (Å²) in [5.74, 6) is 0.287. The highest BCUT2D eigenvalue weighted by Crippen LogP contribution is 2.46. The van der Waals surface area contributed by atoms with Crippen LogP contribution in [0.5, 0.6) is 0 Å². The first-order chi connectivity index (χ1) is 10.5. The monoisotopic (exact) mass is 295 g/mol. The van der Waals surface area contributed by atoms with Crippen LogP contribution >= 0.6 is 0 Å². The lowest BCUT2D eigenvalue weighted by Gasteiger charge is -2.50. The fourth-order valence-electron chi connectivity index (χ4n) is 3.66. The highest BCUT2D eigenvalue weighted by molar-refractivity contribution is 5.27. The van der Waals surface area contributed by atoms with E-state index in [0.717, 1.165) is 0 Å². The number of nitrogens with one attached hydrogen (secondary N) is 1. The highest BCUT2D eigenvalue weighted by Gasteiger charge is 2.48. The number of hydrogen-bond donors (Lipinski definition) is 2. The molecule has 0 bridgehead atoms. The predicted octanol–water partition coefficient (Wildman–Crippen LogP) is 4.10. The summed E-state index contributed by atoms with van der Waals surface area (Å²) in [5.41, 5.74) is 1.76. The third-order valence-electron chi connectivity index (χ3n) is 5.52. The van der Waals surface area contributed by atoms with Crippen LogP contribution in [0.1, 0.15) is 44.0 Å². The Balaban J connectivity index is 1.99. The quantitative estimate of drug-likeness (QED) is 0.874. The number of aliphatic hydroxyl groups is 1. The molecule has 2 nitrogen and oxygen atoms in total. The van der Waals surface area contributed by atoms with E-state index in [0.29, 0.717) is 0 Å². The first kappa shape index (κ1) is 15.3. The van der Waals surface area contributed by atoms with Gasteiger partial charge in [-0.05, 0) is 18.1 Å². The molecule has 1 fully saturated rings. The molecular weight excluding hydrogens is 270 g/mol. The van der Waals surface area contributed by atoms with Gasteiger partial charge in [0.2, 0.25) is 0 Å². The van der Waals surface area contributed by atoms with Crippen LogP contribution in [0.15, 0.2) is 60.7 Å². The van der Waals surface area contributed by atoms with Gasteiger partial charge in [-0.3, -0.25) is 0 Å². The van der Waals surface area contributed by atoms with Gasteiger partial charge in [0.05, 0.1) is 5.60 Å². The Morgan fingerprint density at radius 1 is 0.773 bits per heavy atom. The average Bonchev–Trinajstić information content (AvgIpc) is 2.55. The van der Waals surface area contributed by atoms with E-state index in [1.165, 1.54) is 11.1 Å². The Labute approximate surface area is 133 Å². The molecule has 3 rings (SSSR count). The van der Waals surface area contributed by atoms with E-state index < -0.39 is 5.60 Å². The van der Waals surface area contributed by atoms with Crippen LogP contribution in [0.3, 0.4) is 0 Å². The Kier molecular flexibility index (Phi) is 4.07. The molecule has 22 heavy (non-hydrogen) atoms. The minimum atomic E-state index is -0.716. The molecule has 0 saturated carbocycles. The summed E-state index contributed by atoms with van der Waals surface area (Å²) < 4.78 is 0. The van der Waals surface area contributed by atoms with Crippen molar-refractivity contribution in [3.05, 3.63) is 71.8 Å². The van der Waals surface area contributed by atoms with E-state index in [-0.39, 0.29) is 23.9 Å². The molecule has 2 aromatic carbocycles. The van der Waals surface area contributed by atoms with Crippen molar-refractivity contribution in [2.45, 2.75) is 38.5 Å². The normalized spacial score (nSPS) is 35.3. The SMILES string of the molecule is C[C@@H]1[C@H](c2ccccc2)N[C@@H](c2ccccc2)[C@H](C)C1(C)O. The van der Waals surface area contributed by atoms with E-state index in [1.54, 1.807) is 0 Å². The summed E-state index contributed by atoms with van der Waals surface area (Å²) >= 11 is 0. The molecule has 5 atom stereocenters. The van der Waals surface area contributed by atoms with Gasteiger partial charge in [0.15, 0.2) is 0 Å². The van der Waals surface area contributed by atoms with Gasteiger partial charge in [0.25, 0.3) is 0 Å². The molecule has 1 aliphatic heterocycles. The fourth-order valence-corrected chi connectivity index (χ4v) is 3.66. The second-order valence-corrected chi connectivity index (χ2v) is 6.75. The van der Waals surface area contributed by atoms with E-state index in [9.17, 15) is 5.11 Å². The van der Waals surface area contributed by atoms with Gasteiger partial charge >= 0.3 is 0 Å². The van der Waals surface area contributed by atoms with Gasteiger partial charge in [0.1, 0.15) is 0 Å². The number of hydrogen-bond acceptors (Lipinski definition) is 2. The summed E-state index contributed by atoms with van der Waals surface area (Å²) in [5, 5.41) is 14.9. The fraction of sp³-hybridized carbons (Fsp3) is 0.400. The number of benzene rings is 2. The van der Waals surface area contributed by atoms with Crippen molar-refractivity contribution in [1.82, 2.24) is 5.32 Å². The largest absolute Gasteiger partial charge is 0.389 e. The van der Waals surface area contributed by atoms with E-state index >= 15 is 0 Å². The first-order valence-electron chi connectivity index (χ1n) is 8.10. The van der Waals surface area contributed by atoms with Gasteiger partial charge in [0, 0.05) is 23.9 Å². The maximum absolute atomic E-state index is 11.1. The summed E-state index contributed by atoms with van der Waals surface area (Å²) in [6.45, 7) is 6.26. The van der Waals surface area contributed by atoms with Gasteiger partial charge in [-0.25, -0.2) is 0 Å². The molecule has 1 aliphatic rings. The number of piperidine rings is 1. The van der Waals surface area contributed by atoms with Crippen molar-refractivity contribution in [2.24, 2.45) is 11.8 Å². The summed E-state index contributed by atoms with van der Waals surface area (Å²) in [7, 11) is 0. The molecule has 0 radical (unpaired) electrons. The molecule has 0 aromatic heterocycles. The third kappa shape index (κ3) is 2.57. The zero-order valence-electron chi connectivity index (χ0n) is 13.5. The molecule has 0 aliphatic carbocycles. The van der Waals surface area contributed by atoms with Crippen molar-refractivity contribution < 1.29 is 5.11 Å². The molecule has 1 unspecified atom stereocenters. The predicted molar refractivity (Wildman–Crippen MR) is 90.5 cm³/mol. The number of rotatable bonds is 2. The zero-order chi connectivity index (χ0) is 15.7. The van der Waals surface area contributed by atoms with Crippen molar-refractivity contribution in [2.75, 3.05) is 0 Å². The van der Waals surface area contributed by atoms with Crippen LogP contribution in [-0.4, -0.2) is 10.7 Å². The first-order valence-corrected chi connectivity index (χ1v) is 8.10. The van der Waals surface area contributed by atoms with E-state index in [4.69, 9.17) is 0 Å². The Hall–Kier alpha value is -1.64. The van der Waals surface area contributed by atoms with Crippen molar-refractivity contribution in [3.63, 3.8) is 0 Å². The van der Waals surface area contributed by atoms with Crippen molar-refractivity contribution in [1.29, 1.82) is 0 Å². The van der Waals surface area contributed by atoms with E-state index in [1.807, 2.05) is 19.1 Å². The summed E-state index contributed by atoms with van der Waals surface area (Å²) in [6.07, 6.45) is 0. The van der Waals surface area contributed by atoms with Crippen LogP contribution in [0.2, 0.25) is 0 Å². The standard InChI is InChI=1S/C20H25NO/c1-14-18(16-10-6-4-7-11-16)21-19(15(2)20(14,3)22)17-12-8-5-9-13-17/h4-15,18-19,21-22H,1-3H3/t14-,15+,18-,19-,20?/m1/s1. The zero-order valence-corrected chi connectivity index (χ0v) is 13.5.